The smallest absolute Gasteiger partial charge is 0.408 e. The predicted molar refractivity (Wildman–Crippen MR) is 150 cm³/mol. The van der Waals surface area contributed by atoms with Crippen molar-refractivity contribution in [2.24, 2.45) is 16.8 Å². The summed E-state index contributed by atoms with van der Waals surface area (Å²) in [5.41, 5.74) is 1.73. The van der Waals surface area contributed by atoms with Crippen molar-refractivity contribution in [1.82, 2.24) is 25.9 Å². The minimum absolute atomic E-state index is 0.0258. The van der Waals surface area contributed by atoms with Crippen LogP contribution in [0.1, 0.15) is 38.2 Å². The van der Waals surface area contributed by atoms with E-state index in [1.54, 1.807) is 0 Å². The third kappa shape index (κ3) is 7.93. The number of aliphatic imine (C=N–C) groups is 1. The van der Waals surface area contributed by atoms with Gasteiger partial charge in [-0.15, -0.1) is 0 Å². The second-order valence-electron chi connectivity index (χ2n) is 10.3. The minimum atomic E-state index is -1.22. The molecule has 2 amide bonds. The highest BCUT2D eigenvalue weighted by atomic mass is 16.5. The summed E-state index contributed by atoms with van der Waals surface area (Å²) in [5.74, 6) is 0.783. The number of ether oxygens (including phenoxy) is 1. The molecule has 1 saturated heterocycles. The van der Waals surface area contributed by atoms with Crippen molar-refractivity contribution >= 4 is 35.6 Å². The van der Waals surface area contributed by atoms with Crippen LogP contribution in [0.2, 0.25) is 0 Å². The summed E-state index contributed by atoms with van der Waals surface area (Å²) >= 11 is 0. The third-order valence-electron chi connectivity index (χ3n) is 7.17. The lowest BCUT2D eigenvalue weighted by Gasteiger charge is -2.33. The maximum atomic E-state index is 12.7. The molecule has 2 unspecified atom stereocenters. The molecule has 0 radical (unpaired) electrons. The van der Waals surface area contributed by atoms with E-state index < -0.39 is 18.1 Å². The van der Waals surface area contributed by atoms with E-state index in [1.165, 1.54) is 6.33 Å². The van der Waals surface area contributed by atoms with Gasteiger partial charge in [-0.3, -0.25) is 15.1 Å². The number of nitrogens with zero attached hydrogens (tertiary/aromatic N) is 4. The summed E-state index contributed by atoms with van der Waals surface area (Å²) in [6, 6.07) is -1.22. The standard InChI is InChI=1S/C27H38N8O5/c1-17-5-3-6-19(13-17)15-40-27(39)33-21(25(37)38)14-30-22-18(2)23(32-16-31-22)35-11-7-20(8-12-35)24(36)34-26-28-9-4-10-29-26/h3,5-6,16-17,20-21H,4,7-15H2,1-2H3,(H,33,39)(H,37,38)(H,30,31,32)(H2,28,29,34,36). The molecule has 4 rings (SSSR count). The van der Waals surface area contributed by atoms with E-state index in [-0.39, 0.29) is 25.0 Å². The van der Waals surface area contributed by atoms with Crippen LogP contribution >= 0.6 is 0 Å². The molecule has 3 heterocycles. The summed E-state index contributed by atoms with van der Waals surface area (Å²) < 4.78 is 5.24. The molecule has 13 heteroatoms. The Morgan fingerprint density at radius 3 is 2.75 bits per heavy atom. The van der Waals surface area contributed by atoms with Gasteiger partial charge < -0.3 is 30.7 Å². The number of amides is 2. The van der Waals surface area contributed by atoms with E-state index in [4.69, 9.17) is 4.74 Å². The van der Waals surface area contributed by atoms with E-state index in [0.29, 0.717) is 50.2 Å². The van der Waals surface area contributed by atoms with E-state index in [2.05, 4.69) is 54.1 Å². The van der Waals surface area contributed by atoms with Gasteiger partial charge in [-0.1, -0.05) is 25.2 Å². The molecule has 1 fully saturated rings. The summed E-state index contributed by atoms with van der Waals surface area (Å²) in [4.78, 5) is 51.9. The van der Waals surface area contributed by atoms with Crippen molar-refractivity contribution in [3.63, 3.8) is 0 Å². The first kappa shape index (κ1) is 28.8. The summed E-state index contributed by atoms with van der Waals surface area (Å²) in [6.07, 6.45) is 9.62. The summed E-state index contributed by atoms with van der Waals surface area (Å²) in [7, 11) is 0. The van der Waals surface area contributed by atoms with Crippen LogP contribution in [0.3, 0.4) is 0 Å². The zero-order valence-corrected chi connectivity index (χ0v) is 23.0. The van der Waals surface area contributed by atoms with Gasteiger partial charge in [-0.25, -0.2) is 19.6 Å². The van der Waals surface area contributed by atoms with Gasteiger partial charge in [0.25, 0.3) is 0 Å². The molecule has 0 spiro atoms. The Balaban J connectivity index is 1.27. The maximum Gasteiger partial charge on any atom is 0.408 e. The van der Waals surface area contributed by atoms with E-state index in [0.717, 1.165) is 36.3 Å². The van der Waals surface area contributed by atoms with Crippen LogP contribution in [0.25, 0.3) is 0 Å². The van der Waals surface area contributed by atoms with Crippen molar-refractivity contribution in [1.29, 1.82) is 0 Å². The normalized spacial score (nSPS) is 19.9. The van der Waals surface area contributed by atoms with Crippen LogP contribution in [0.4, 0.5) is 16.4 Å². The number of guanidine groups is 1. The highest BCUT2D eigenvalue weighted by Crippen LogP contribution is 2.27. The number of anilines is 2. The maximum absolute atomic E-state index is 12.7. The van der Waals surface area contributed by atoms with Crippen molar-refractivity contribution in [2.75, 3.05) is 49.5 Å². The number of piperidine rings is 1. The molecule has 3 aliphatic rings. The van der Waals surface area contributed by atoms with Gasteiger partial charge >= 0.3 is 12.1 Å². The van der Waals surface area contributed by atoms with Crippen molar-refractivity contribution in [3.8, 4) is 0 Å². The number of carboxylic acid groups (broad SMARTS) is 1. The Bertz CT molecular complexity index is 1180. The summed E-state index contributed by atoms with van der Waals surface area (Å²) in [6.45, 7) is 6.76. The first-order chi connectivity index (χ1) is 19.3. The number of aliphatic carboxylic acids is 1. The fraction of sp³-hybridized carbons (Fsp3) is 0.556. The molecule has 216 valence electrons. The van der Waals surface area contributed by atoms with E-state index >= 15 is 0 Å². The Morgan fingerprint density at radius 2 is 2.05 bits per heavy atom. The first-order valence-corrected chi connectivity index (χ1v) is 13.7. The predicted octanol–water partition coefficient (Wildman–Crippen LogP) is 1.58. The van der Waals surface area contributed by atoms with Gasteiger partial charge in [0.2, 0.25) is 5.91 Å². The molecule has 0 saturated carbocycles. The average Bonchev–Trinajstić information content (AvgIpc) is 2.95. The number of hydrogen-bond donors (Lipinski definition) is 5. The largest absolute Gasteiger partial charge is 0.480 e. The zero-order valence-electron chi connectivity index (χ0n) is 23.0. The second-order valence-corrected chi connectivity index (χ2v) is 10.3. The number of hydrogen-bond acceptors (Lipinski definition) is 10. The van der Waals surface area contributed by atoms with Crippen LogP contribution in [0, 0.1) is 18.8 Å². The Morgan fingerprint density at radius 1 is 1.25 bits per heavy atom. The highest BCUT2D eigenvalue weighted by Gasteiger charge is 2.28. The fourth-order valence-corrected chi connectivity index (χ4v) is 4.91. The number of rotatable bonds is 9. The zero-order chi connectivity index (χ0) is 28.5. The highest BCUT2D eigenvalue weighted by molar-refractivity contribution is 5.98. The van der Waals surface area contributed by atoms with Crippen molar-refractivity contribution in [2.45, 2.75) is 45.6 Å². The topological polar surface area (TPSA) is 170 Å². The molecule has 5 N–H and O–H groups in total. The fourth-order valence-electron chi connectivity index (χ4n) is 4.91. The molecule has 13 nitrogen and oxygen atoms in total. The molecule has 1 aromatic heterocycles. The van der Waals surface area contributed by atoms with Gasteiger partial charge in [-0.05, 0) is 44.1 Å². The van der Waals surface area contributed by atoms with E-state index in [1.807, 2.05) is 19.1 Å². The average molecular weight is 555 g/mol. The molecule has 0 aromatic carbocycles. The number of alkyl carbamates (subject to hydrolysis) is 1. The van der Waals surface area contributed by atoms with Gasteiger partial charge in [0.1, 0.15) is 30.6 Å². The van der Waals surface area contributed by atoms with Crippen LogP contribution in [-0.4, -0.2) is 84.4 Å². The molecular weight excluding hydrogens is 516 g/mol. The van der Waals surface area contributed by atoms with Gasteiger partial charge in [0.05, 0.1) is 0 Å². The van der Waals surface area contributed by atoms with Crippen molar-refractivity contribution < 1.29 is 24.2 Å². The molecule has 2 aliphatic heterocycles. The van der Waals surface area contributed by atoms with Crippen LogP contribution in [0.15, 0.2) is 35.1 Å². The lowest BCUT2D eigenvalue weighted by atomic mass is 9.95. The number of nitrogens with one attached hydrogen (secondary N) is 4. The first-order valence-electron chi connectivity index (χ1n) is 13.7. The Labute approximate surface area is 233 Å². The molecule has 0 bridgehead atoms. The number of carboxylic acids is 1. The van der Waals surface area contributed by atoms with Gasteiger partial charge in [-0.2, -0.15) is 0 Å². The quantitative estimate of drug-likeness (QED) is 0.302. The monoisotopic (exact) mass is 554 g/mol. The van der Waals surface area contributed by atoms with Gasteiger partial charge in [0.15, 0.2) is 5.96 Å². The molecule has 1 aliphatic carbocycles. The minimum Gasteiger partial charge on any atom is -0.480 e. The Kier molecular flexibility index (Phi) is 9.92. The van der Waals surface area contributed by atoms with Crippen LogP contribution < -0.4 is 26.2 Å². The molecule has 2 atom stereocenters. The number of aromatic nitrogens is 2. The SMILES string of the molecule is Cc1c(NCC(NC(=O)OCC2=CC=CC(C)C2)C(=O)O)ncnc1N1CCC(C(=O)NC2=NCCCN2)CC1. The number of carbonyl (C=O) groups excluding carboxylic acids is 2. The number of allylic oxidation sites excluding steroid dienone is 3. The summed E-state index contributed by atoms with van der Waals surface area (Å²) in [5, 5.41) is 21.1. The lowest BCUT2D eigenvalue weighted by molar-refractivity contribution is -0.139. The Hall–Kier alpha value is -4.16. The lowest BCUT2D eigenvalue weighted by Crippen LogP contribution is -2.48. The van der Waals surface area contributed by atoms with Crippen molar-refractivity contribution in [3.05, 3.63) is 35.7 Å². The molecule has 40 heavy (non-hydrogen) atoms. The number of carbonyl (C=O) groups is 3. The second kappa shape index (κ2) is 13.8. The molecule has 1 aromatic rings. The van der Waals surface area contributed by atoms with Crippen LogP contribution in [-0.2, 0) is 14.3 Å². The molecular formula is C27H38N8O5. The van der Waals surface area contributed by atoms with Crippen LogP contribution in [0.5, 0.6) is 0 Å². The van der Waals surface area contributed by atoms with E-state index in [9.17, 15) is 19.5 Å². The third-order valence-corrected chi connectivity index (χ3v) is 7.17. The van der Waals surface area contributed by atoms with Gasteiger partial charge in [0, 0.05) is 44.2 Å².